The summed E-state index contributed by atoms with van der Waals surface area (Å²) in [5.74, 6) is -0.273. The van der Waals surface area contributed by atoms with Gasteiger partial charge in [-0.3, -0.25) is 14.4 Å². The number of hydrogen-bond donors (Lipinski definition) is 1. The van der Waals surface area contributed by atoms with Gasteiger partial charge >= 0.3 is 0 Å². The number of likely N-dealkylation sites (tertiary alicyclic amines) is 1. The van der Waals surface area contributed by atoms with Crippen LogP contribution in [0.3, 0.4) is 0 Å². The van der Waals surface area contributed by atoms with E-state index in [2.05, 4.69) is 5.48 Å². The summed E-state index contributed by atoms with van der Waals surface area (Å²) >= 11 is 0. The molecule has 1 atom stereocenters. The van der Waals surface area contributed by atoms with Crippen molar-refractivity contribution in [3.8, 4) is 0 Å². The van der Waals surface area contributed by atoms with Crippen LogP contribution in [0.1, 0.15) is 37.8 Å². The van der Waals surface area contributed by atoms with E-state index in [0.29, 0.717) is 19.6 Å². The van der Waals surface area contributed by atoms with E-state index >= 15 is 0 Å². The number of nitrogens with zero attached hydrogens (tertiary/aromatic N) is 1. The van der Waals surface area contributed by atoms with Gasteiger partial charge in [-0.1, -0.05) is 30.3 Å². The molecule has 5 heteroatoms. The number of amides is 2. The van der Waals surface area contributed by atoms with Gasteiger partial charge in [0.1, 0.15) is 6.04 Å². The summed E-state index contributed by atoms with van der Waals surface area (Å²) in [6, 6.07) is 8.72. The predicted octanol–water partition coefficient (Wildman–Crippen LogP) is 1.81. The Kier molecular flexibility index (Phi) is 5.12. The third kappa shape index (κ3) is 3.36. The highest BCUT2D eigenvalue weighted by Crippen LogP contribution is 2.25. The van der Waals surface area contributed by atoms with Crippen molar-refractivity contribution >= 4 is 11.8 Å². The fourth-order valence-electron chi connectivity index (χ4n) is 2.41. The van der Waals surface area contributed by atoms with Crippen molar-refractivity contribution in [3.63, 3.8) is 0 Å². The van der Waals surface area contributed by atoms with E-state index in [9.17, 15) is 9.59 Å². The van der Waals surface area contributed by atoms with Crippen LogP contribution in [0.25, 0.3) is 0 Å². The molecule has 1 fully saturated rings. The van der Waals surface area contributed by atoms with E-state index in [4.69, 9.17) is 4.84 Å². The van der Waals surface area contributed by atoms with Crippen molar-refractivity contribution < 1.29 is 14.4 Å². The number of hydroxylamine groups is 1. The summed E-state index contributed by atoms with van der Waals surface area (Å²) in [6.45, 7) is 2.79. The van der Waals surface area contributed by atoms with Gasteiger partial charge in [-0.25, -0.2) is 5.48 Å². The first-order valence-corrected chi connectivity index (χ1v) is 7.00. The number of piperidine rings is 1. The molecule has 0 bridgehead atoms. The van der Waals surface area contributed by atoms with Crippen LogP contribution in [0.4, 0.5) is 0 Å². The highest BCUT2D eigenvalue weighted by molar-refractivity contribution is 5.88. The maximum atomic E-state index is 12.3. The zero-order valence-corrected chi connectivity index (χ0v) is 11.7. The molecule has 0 aromatic heterocycles. The van der Waals surface area contributed by atoms with Crippen molar-refractivity contribution in [3.05, 3.63) is 35.9 Å². The fourth-order valence-corrected chi connectivity index (χ4v) is 2.41. The minimum atomic E-state index is -0.615. The van der Waals surface area contributed by atoms with Crippen molar-refractivity contribution in [2.24, 2.45) is 0 Å². The maximum Gasteiger partial charge on any atom is 0.270 e. The van der Waals surface area contributed by atoms with Crippen LogP contribution in [0, 0.1) is 0 Å². The van der Waals surface area contributed by atoms with Crippen LogP contribution < -0.4 is 5.48 Å². The summed E-state index contributed by atoms with van der Waals surface area (Å²) in [7, 11) is 0. The lowest BCUT2D eigenvalue weighted by Gasteiger charge is -2.33. The highest BCUT2D eigenvalue weighted by atomic mass is 16.6. The van der Waals surface area contributed by atoms with E-state index in [1.54, 1.807) is 11.8 Å². The summed E-state index contributed by atoms with van der Waals surface area (Å²) in [5, 5.41) is 0. The molecule has 1 unspecified atom stereocenters. The number of benzene rings is 1. The fraction of sp³-hybridized carbons (Fsp3) is 0.467. The number of rotatable bonds is 5. The van der Waals surface area contributed by atoms with Crippen LogP contribution in [0.5, 0.6) is 0 Å². The lowest BCUT2D eigenvalue weighted by Crippen LogP contribution is -2.45. The van der Waals surface area contributed by atoms with E-state index in [0.717, 1.165) is 18.4 Å². The standard InChI is InChI=1S/C15H20N2O3/c1-2-20-16-15(19)14(12-8-4-3-5-9-12)17-11-7-6-10-13(17)18/h3-5,8-9,14H,2,6-7,10-11H2,1H3,(H,16,19). The minimum Gasteiger partial charge on any atom is -0.326 e. The molecule has 1 aliphatic rings. The largest absolute Gasteiger partial charge is 0.326 e. The third-order valence-electron chi connectivity index (χ3n) is 3.35. The Morgan fingerprint density at radius 2 is 2.10 bits per heavy atom. The summed E-state index contributed by atoms with van der Waals surface area (Å²) in [5.41, 5.74) is 3.22. The van der Waals surface area contributed by atoms with Crippen LogP contribution in [0.2, 0.25) is 0 Å². The molecule has 0 radical (unpaired) electrons. The maximum absolute atomic E-state index is 12.3. The smallest absolute Gasteiger partial charge is 0.270 e. The molecule has 1 saturated heterocycles. The molecule has 20 heavy (non-hydrogen) atoms. The Balaban J connectivity index is 2.23. The molecule has 1 heterocycles. The van der Waals surface area contributed by atoms with Gasteiger partial charge in [0, 0.05) is 13.0 Å². The summed E-state index contributed by atoms with van der Waals surface area (Å²) < 4.78 is 0. The Bertz CT molecular complexity index is 461. The number of carbonyl (C=O) groups excluding carboxylic acids is 2. The lowest BCUT2D eigenvalue weighted by atomic mass is 10.0. The second-order valence-electron chi connectivity index (χ2n) is 4.76. The average molecular weight is 276 g/mol. The second kappa shape index (κ2) is 7.05. The van der Waals surface area contributed by atoms with E-state index < -0.39 is 6.04 Å². The number of nitrogens with one attached hydrogen (secondary N) is 1. The number of hydrogen-bond acceptors (Lipinski definition) is 3. The molecule has 1 N–H and O–H groups in total. The summed E-state index contributed by atoms with van der Waals surface area (Å²) in [6.07, 6.45) is 2.33. The second-order valence-corrected chi connectivity index (χ2v) is 4.76. The Morgan fingerprint density at radius 3 is 2.75 bits per heavy atom. The molecule has 5 nitrogen and oxygen atoms in total. The molecule has 1 aliphatic heterocycles. The normalized spacial score (nSPS) is 16.9. The SMILES string of the molecule is CCONC(=O)C(c1ccccc1)N1CCCCC1=O. The molecular formula is C15H20N2O3. The van der Waals surface area contributed by atoms with Gasteiger partial charge in [0.2, 0.25) is 5.91 Å². The third-order valence-corrected chi connectivity index (χ3v) is 3.35. The minimum absolute atomic E-state index is 0.0248. The van der Waals surface area contributed by atoms with Crippen molar-refractivity contribution in [2.45, 2.75) is 32.2 Å². The van der Waals surface area contributed by atoms with Crippen LogP contribution in [0.15, 0.2) is 30.3 Å². The van der Waals surface area contributed by atoms with Crippen molar-refractivity contribution in [1.29, 1.82) is 0 Å². The van der Waals surface area contributed by atoms with Gasteiger partial charge in [0.05, 0.1) is 6.61 Å². The van der Waals surface area contributed by atoms with Crippen LogP contribution >= 0.6 is 0 Å². The Morgan fingerprint density at radius 1 is 1.35 bits per heavy atom. The van der Waals surface area contributed by atoms with Crippen molar-refractivity contribution in [2.75, 3.05) is 13.2 Å². The van der Waals surface area contributed by atoms with Gasteiger partial charge in [0.15, 0.2) is 0 Å². The molecule has 108 valence electrons. The first-order valence-electron chi connectivity index (χ1n) is 7.00. The average Bonchev–Trinajstić information content (AvgIpc) is 2.48. The number of carbonyl (C=O) groups is 2. The molecule has 1 aromatic rings. The molecule has 1 aromatic carbocycles. The quantitative estimate of drug-likeness (QED) is 0.834. The molecule has 0 spiro atoms. The van der Waals surface area contributed by atoms with Gasteiger partial charge < -0.3 is 4.90 Å². The van der Waals surface area contributed by atoms with E-state index in [1.807, 2.05) is 30.3 Å². The molecule has 0 saturated carbocycles. The van der Waals surface area contributed by atoms with Gasteiger partial charge in [0.25, 0.3) is 5.91 Å². The van der Waals surface area contributed by atoms with Gasteiger partial charge in [-0.05, 0) is 25.3 Å². The summed E-state index contributed by atoms with van der Waals surface area (Å²) in [4.78, 5) is 31.0. The Labute approximate surface area is 118 Å². The first kappa shape index (κ1) is 14.5. The highest BCUT2D eigenvalue weighted by Gasteiger charge is 2.32. The molecule has 2 rings (SSSR count). The van der Waals surface area contributed by atoms with E-state index in [-0.39, 0.29) is 11.8 Å². The molecular weight excluding hydrogens is 256 g/mol. The first-order chi connectivity index (χ1) is 9.74. The lowest BCUT2D eigenvalue weighted by molar-refractivity contribution is -0.148. The topological polar surface area (TPSA) is 58.6 Å². The van der Waals surface area contributed by atoms with Gasteiger partial charge in [-0.15, -0.1) is 0 Å². The molecule has 2 amide bonds. The van der Waals surface area contributed by atoms with E-state index in [1.165, 1.54) is 0 Å². The monoisotopic (exact) mass is 276 g/mol. The molecule has 0 aliphatic carbocycles. The van der Waals surface area contributed by atoms with Crippen LogP contribution in [-0.4, -0.2) is 29.9 Å². The predicted molar refractivity (Wildman–Crippen MR) is 74.5 cm³/mol. The Hall–Kier alpha value is -1.88. The zero-order valence-electron chi connectivity index (χ0n) is 11.7. The van der Waals surface area contributed by atoms with Gasteiger partial charge in [-0.2, -0.15) is 0 Å². The zero-order chi connectivity index (χ0) is 14.4. The van der Waals surface area contributed by atoms with Crippen molar-refractivity contribution in [1.82, 2.24) is 10.4 Å². The van der Waals surface area contributed by atoms with Crippen LogP contribution in [-0.2, 0) is 14.4 Å².